The summed E-state index contributed by atoms with van der Waals surface area (Å²) in [6.07, 6.45) is 3.82. The van der Waals surface area contributed by atoms with Gasteiger partial charge in [-0.25, -0.2) is 13.9 Å². The number of nitrogens with zero attached hydrogens (tertiary/aromatic N) is 3. The van der Waals surface area contributed by atoms with E-state index < -0.39 is 0 Å². The van der Waals surface area contributed by atoms with Gasteiger partial charge in [0.05, 0.1) is 17.6 Å². The fourth-order valence-corrected chi connectivity index (χ4v) is 3.60. The van der Waals surface area contributed by atoms with Crippen molar-refractivity contribution in [3.63, 3.8) is 0 Å². The highest BCUT2D eigenvalue weighted by Gasteiger charge is 2.24. The molecule has 1 saturated carbocycles. The summed E-state index contributed by atoms with van der Waals surface area (Å²) in [5.74, 6) is 0.212. The molecule has 2 aromatic heterocycles. The van der Waals surface area contributed by atoms with Gasteiger partial charge in [-0.15, -0.1) is 5.10 Å². The first-order valence-electron chi connectivity index (χ1n) is 10.4. The van der Waals surface area contributed by atoms with Crippen molar-refractivity contribution in [3.8, 4) is 22.9 Å². The molecule has 0 radical (unpaired) electrons. The zero-order valence-corrected chi connectivity index (χ0v) is 17.7. The first-order valence-corrected chi connectivity index (χ1v) is 10.4. The van der Waals surface area contributed by atoms with Gasteiger partial charge in [-0.1, -0.05) is 12.1 Å². The summed E-state index contributed by atoms with van der Waals surface area (Å²) in [4.78, 5) is 17.0. The minimum absolute atomic E-state index is 0.0453. The van der Waals surface area contributed by atoms with Gasteiger partial charge in [0.2, 0.25) is 5.88 Å². The molecule has 0 spiro atoms. The molecule has 2 heterocycles. The smallest absolute Gasteiger partial charge is 0.251 e. The molecule has 0 unspecified atom stereocenters. The Balaban J connectivity index is 1.52. The molecule has 4 aromatic rings. The molecule has 0 aliphatic heterocycles. The van der Waals surface area contributed by atoms with Gasteiger partial charge < -0.3 is 15.4 Å². The maximum atomic E-state index is 13.5. The van der Waals surface area contributed by atoms with Crippen LogP contribution < -0.4 is 15.4 Å². The van der Waals surface area contributed by atoms with Crippen molar-refractivity contribution in [2.24, 2.45) is 0 Å². The molecule has 0 atom stereocenters. The Morgan fingerprint density at radius 1 is 1.19 bits per heavy atom. The molecule has 0 saturated heterocycles. The third-order valence-corrected chi connectivity index (χ3v) is 5.41. The minimum Gasteiger partial charge on any atom is -0.437 e. The lowest BCUT2D eigenvalue weighted by molar-refractivity contribution is 0.0950. The van der Waals surface area contributed by atoms with Crippen LogP contribution in [0.15, 0.2) is 54.7 Å². The second-order valence-electron chi connectivity index (χ2n) is 7.86. The van der Waals surface area contributed by atoms with Gasteiger partial charge in [-0.3, -0.25) is 4.79 Å². The Hall–Kier alpha value is -3.94. The van der Waals surface area contributed by atoms with Crippen LogP contribution in [-0.2, 0) is 0 Å². The summed E-state index contributed by atoms with van der Waals surface area (Å²) in [5.41, 5.74) is 4.50. The SMILES string of the molecule is CNc1cc(Oc2cccc(F)c2)nn2c(-c3ccc(C(=O)NC4CC4)c(C)c3)cnc12. The van der Waals surface area contributed by atoms with Crippen LogP contribution in [0.3, 0.4) is 0 Å². The van der Waals surface area contributed by atoms with Gasteiger partial charge in [0.1, 0.15) is 11.6 Å². The van der Waals surface area contributed by atoms with Gasteiger partial charge in [0, 0.05) is 36.3 Å². The number of benzene rings is 2. The van der Waals surface area contributed by atoms with E-state index in [9.17, 15) is 9.18 Å². The van der Waals surface area contributed by atoms with Crippen LogP contribution in [0.4, 0.5) is 10.1 Å². The van der Waals surface area contributed by atoms with Crippen molar-refractivity contribution >= 4 is 17.2 Å². The lowest BCUT2D eigenvalue weighted by Gasteiger charge is -2.11. The number of aromatic nitrogens is 3. The molecule has 8 heteroatoms. The topological polar surface area (TPSA) is 80.5 Å². The predicted molar refractivity (Wildman–Crippen MR) is 120 cm³/mol. The van der Waals surface area contributed by atoms with Crippen molar-refractivity contribution in [1.29, 1.82) is 0 Å². The molecule has 2 aromatic carbocycles. The van der Waals surface area contributed by atoms with Gasteiger partial charge in [0.25, 0.3) is 5.91 Å². The Kier molecular flexibility index (Phi) is 4.97. The number of hydrogen-bond donors (Lipinski definition) is 2. The summed E-state index contributed by atoms with van der Waals surface area (Å²) in [5, 5.41) is 10.7. The highest BCUT2D eigenvalue weighted by molar-refractivity contribution is 5.96. The maximum Gasteiger partial charge on any atom is 0.251 e. The largest absolute Gasteiger partial charge is 0.437 e. The van der Waals surface area contributed by atoms with E-state index in [4.69, 9.17) is 4.74 Å². The first-order chi connectivity index (χ1) is 15.5. The number of ether oxygens (including phenoxy) is 1. The first kappa shape index (κ1) is 20.0. The predicted octanol–water partition coefficient (Wildman–Crippen LogP) is 4.57. The second kappa shape index (κ2) is 7.96. The van der Waals surface area contributed by atoms with E-state index in [0.29, 0.717) is 28.9 Å². The van der Waals surface area contributed by atoms with E-state index in [1.807, 2.05) is 25.1 Å². The third kappa shape index (κ3) is 3.87. The lowest BCUT2D eigenvalue weighted by Crippen LogP contribution is -2.26. The average Bonchev–Trinajstić information content (AvgIpc) is 3.48. The maximum absolute atomic E-state index is 13.5. The summed E-state index contributed by atoms with van der Waals surface area (Å²) in [6, 6.07) is 13.6. The Bertz CT molecular complexity index is 1330. The van der Waals surface area contributed by atoms with Gasteiger partial charge >= 0.3 is 0 Å². The number of hydrogen-bond acceptors (Lipinski definition) is 5. The van der Waals surface area contributed by atoms with Gasteiger partial charge in [0.15, 0.2) is 5.65 Å². The van der Waals surface area contributed by atoms with E-state index >= 15 is 0 Å². The highest BCUT2D eigenvalue weighted by atomic mass is 19.1. The van der Waals surface area contributed by atoms with E-state index in [0.717, 1.165) is 35.3 Å². The quantitative estimate of drug-likeness (QED) is 0.467. The van der Waals surface area contributed by atoms with Crippen molar-refractivity contribution in [1.82, 2.24) is 19.9 Å². The number of fused-ring (bicyclic) bond motifs is 1. The standard InChI is InChI=1S/C24H22FN5O2/c1-14-10-15(6-9-19(14)24(31)28-17-7-8-17)21-13-27-23-20(26-2)12-22(29-30(21)23)32-18-5-3-4-16(25)11-18/h3-6,9-13,17,26H,7-8H2,1-2H3,(H,28,31). The summed E-state index contributed by atoms with van der Waals surface area (Å²) >= 11 is 0. The average molecular weight is 431 g/mol. The number of carbonyl (C=O) groups is 1. The number of nitrogens with one attached hydrogen (secondary N) is 2. The van der Waals surface area contributed by atoms with E-state index in [-0.39, 0.29) is 11.7 Å². The van der Waals surface area contributed by atoms with Crippen LogP contribution in [0, 0.1) is 12.7 Å². The lowest BCUT2D eigenvalue weighted by atomic mass is 10.0. The number of aryl methyl sites for hydroxylation is 1. The molecule has 5 rings (SSSR count). The summed E-state index contributed by atoms with van der Waals surface area (Å²) in [7, 11) is 1.78. The van der Waals surface area contributed by atoms with E-state index in [1.165, 1.54) is 12.1 Å². The molecule has 32 heavy (non-hydrogen) atoms. The Morgan fingerprint density at radius 2 is 2.03 bits per heavy atom. The fourth-order valence-electron chi connectivity index (χ4n) is 3.60. The van der Waals surface area contributed by atoms with Crippen LogP contribution in [0.25, 0.3) is 16.9 Å². The molecule has 2 N–H and O–H groups in total. The Labute approximate surface area is 184 Å². The molecule has 1 amide bonds. The summed E-state index contributed by atoms with van der Waals surface area (Å²) < 4.78 is 21.0. The number of amides is 1. The third-order valence-electron chi connectivity index (χ3n) is 5.41. The number of anilines is 1. The molecule has 1 aliphatic carbocycles. The fraction of sp³-hybridized carbons (Fsp3) is 0.208. The molecule has 7 nitrogen and oxygen atoms in total. The molecular formula is C24H22FN5O2. The molecular weight excluding hydrogens is 409 g/mol. The van der Waals surface area contributed by atoms with Crippen molar-refractivity contribution in [3.05, 3.63) is 71.7 Å². The zero-order chi connectivity index (χ0) is 22.2. The van der Waals surface area contributed by atoms with E-state index in [2.05, 4.69) is 20.7 Å². The van der Waals surface area contributed by atoms with Crippen molar-refractivity contribution in [2.45, 2.75) is 25.8 Å². The molecule has 162 valence electrons. The van der Waals surface area contributed by atoms with Crippen LogP contribution >= 0.6 is 0 Å². The van der Waals surface area contributed by atoms with Gasteiger partial charge in [-0.05, 0) is 49.6 Å². The minimum atomic E-state index is -0.387. The number of imidazole rings is 1. The molecule has 1 aliphatic rings. The Morgan fingerprint density at radius 3 is 2.75 bits per heavy atom. The van der Waals surface area contributed by atoms with Crippen LogP contribution in [0.2, 0.25) is 0 Å². The van der Waals surface area contributed by atoms with Crippen LogP contribution in [-0.4, -0.2) is 33.6 Å². The monoisotopic (exact) mass is 431 g/mol. The zero-order valence-electron chi connectivity index (χ0n) is 17.7. The molecule has 1 fully saturated rings. The molecule has 0 bridgehead atoms. The van der Waals surface area contributed by atoms with E-state index in [1.54, 1.807) is 36.0 Å². The number of halogens is 1. The van der Waals surface area contributed by atoms with Crippen LogP contribution in [0.5, 0.6) is 11.6 Å². The second-order valence-corrected chi connectivity index (χ2v) is 7.86. The number of rotatable bonds is 6. The highest BCUT2D eigenvalue weighted by Crippen LogP contribution is 2.30. The van der Waals surface area contributed by atoms with Crippen molar-refractivity contribution < 1.29 is 13.9 Å². The van der Waals surface area contributed by atoms with Gasteiger partial charge in [-0.2, -0.15) is 0 Å². The van der Waals surface area contributed by atoms with Crippen LogP contribution in [0.1, 0.15) is 28.8 Å². The normalized spacial score (nSPS) is 13.2. The van der Waals surface area contributed by atoms with Crippen molar-refractivity contribution in [2.75, 3.05) is 12.4 Å². The number of carbonyl (C=O) groups excluding carboxylic acids is 1. The summed E-state index contributed by atoms with van der Waals surface area (Å²) in [6.45, 7) is 1.92.